The minimum Gasteiger partial charge on any atom is -0.494 e. The Balaban J connectivity index is 1.89. The number of aromatic nitrogens is 2. The monoisotopic (exact) mass is 417 g/mol. The molecule has 0 saturated carbocycles. The maximum Gasteiger partial charge on any atom is 0.143 e. The summed E-state index contributed by atoms with van der Waals surface area (Å²) in [7, 11) is 0. The Labute approximate surface area is 182 Å². The van der Waals surface area contributed by atoms with Gasteiger partial charge in [0, 0.05) is 16.1 Å². The summed E-state index contributed by atoms with van der Waals surface area (Å²) < 4.78 is 5.62. The molecule has 5 heteroatoms. The molecule has 0 aliphatic rings. The number of thiophene rings is 1. The lowest BCUT2D eigenvalue weighted by Gasteiger charge is -2.15. The summed E-state index contributed by atoms with van der Waals surface area (Å²) in [6, 6.07) is 12.7. The zero-order valence-electron chi connectivity index (χ0n) is 18.4. The molecule has 0 aliphatic carbocycles. The van der Waals surface area contributed by atoms with Crippen LogP contribution in [0.4, 0.5) is 11.5 Å². The number of hydrogen-bond acceptors (Lipinski definition) is 5. The summed E-state index contributed by atoms with van der Waals surface area (Å²) in [6.07, 6.45) is 0. The van der Waals surface area contributed by atoms with Gasteiger partial charge < -0.3 is 10.1 Å². The van der Waals surface area contributed by atoms with Gasteiger partial charge in [0.1, 0.15) is 22.2 Å². The zero-order valence-corrected chi connectivity index (χ0v) is 19.2. The van der Waals surface area contributed by atoms with Crippen LogP contribution in [0.25, 0.3) is 21.3 Å². The summed E-state index contributed by atoms with van der Waals surface area (Å²) in [5, 5.41) is 4.71. The lowest BCUT2D eigenvalue weighted by Crippen LogP contribution is -2.02. The van der Waals surface area contributed by atoms with E-state index in [0.717, 1.165) is 38.9 Å². The molecule has 2 heterocycles. The SMILES string of the molecule is CCOc1ccc(-c2c(C)sc3nc(C)nc(Nc4c(C)cc(C)cc4C)c23)cc1. The molecule has 2 aromatic carbocycles. The van der Waals surface area contributed by atoms with Gasteiger partial charge in [0.25, 0.3) is 0 Å². The van der Waals surface area contributed by atoms with E-state index in [1.165, 1.54) is 27.1 Å². The normalized spacial score (nSPS) is 11.1. The molecule has 0 unspecified atom stereocenters. The average Bonchev–Trinajstić information content (AvgIpc) is 3.01. The fourth-order valence-corrected chi connectivity index (χ4v) is 5.13. The van der Waals surface area contributed by atoms with Gasteiger partial charge in [0.15, 0.2) is 0 Å². The number of hydrogen-bond donors (Lipinski definition) is 1. The second kappa shape index (κ2) is 8.07. The van der Waals surface area contributed by atoms with Crippen molar-refractivity contribution in [3.05, 3.63) is 63.8 Å². The van der Waals surface area contributed by atoms with E-state index in [-0.39, 0.29) is 0 Å². The minimum atomic E-state index is 0.663. The summed E-state index contributed by atoms with van der Waals surface area (Å²) in [4.78, 5) is 11.8. The Hall–Kier alpha value is -2.92. The quantitative estimate of drug-likeness (QED) is 0.378. The summed E-state index contributed by atoms with van der Waals surface area (Å²) in [5.41, 5.74) is 7.14. The van der Waals surface area contributed by atoms with E-state index in [0.29, 0.717) is 6.61 Å². The lowest BCUT2D eigenvalue weighted by molar-refractivity contribution is 0.340. The third-order valence-electron chi connectivity index (χ3n) is 5.21. The maximum absolute atomic E-state index is 5.62. The van der Waals surface area contributed by atoms with Gasteiger partial charge in [-0.05, 0) is 70.4 Å². The van der Waals surface area contributed by atoms with Crippen molar-refractivity contribution in [1.29, 1.82) is 0 Å². The van der Waals surface area contributed by atoms with Crippen LogP contribution in [0.5, 0.6) is 5.75 Å². The summed E-state index contributed by atoms with van der Waals surface area (Å²) >= 11 is 1.72. The number of nitrogens with zero attached hydrogens (tertiary/aromatic N) is 2. The highest BCUT2D eigenvalue weighted by molar-refractivity contribution is 7.19. The number of fused-ring (bicyclic) bond motifs is 1. The number of rotatable bonds is 5. The molecular weight excluding hydrogens is 390 g/mol. The molecule has 30 heavy (non-hydrogen) atoms. The van der Waals surface area contributed by atoms with Crippen molar-refractivity contribution in [3.8, 4) is 16.9 Å². The van der Waals surface area contributed by atoms with Gasteiger partial charge in [-0.2, -0.15) is 0 Å². The minimum absolute atomic E-state index is 0.663. The van der Waals surface area contributed by atoms with Crippen LogP contribution in [0.3, 0.4) is 0 Å². The highest BCUT2D eigenvalue weighted by Crippen LogP contribution is 2.42. The largest absolute Gasteiger partial charge is 0.494 e. The fourth-order valence-electron chi connectivity index (χ4n) is 4.04. The molecule has 0 bridgehead atoms. The van der Waals surface area contributed by atoms with E-state index in [9.17, 15) is 0 Å². The predicted octanol–water partition coefficient (Wildman–Crippen LogP) is 7.04. The fraction of sp³-hybridized carbons (Fsp3) is 0.280. The van der Waals surface area contributed by atoms with Crippen molar-refractivity contribution in [2.45, 2.75) is 41.5 Å². The molecule has 0 aliphatic heterocycles. The molecule has 0 radical (unpaired) electrons. The molecule has 4 aromatic rings. The molecule has 0 saturated heterocycles. The molecule has 4 rings (SSSR count). The van der Waals surface area contributed by atoms with Gasteiger partial charge in [-0.25, -0.2) is 9.97 Å². The van der Waals surface area contributed by atoms with Crippen LogP contribution >= 0.6 is 11.3 Å². The molecule has 0 amide bonds. The third kappa shape index (κ3) is 3.77. The van der Waals surface area contributed by atoms with Crippen molar-refractivity contribution >= 4 is 33.1 Å². The van der Waals surface area contributed by atoms with Crippen molar-refractivity contribution in [1.82, 2.24) is 9.97 Å². The second-order valence-electron chi connectivity index (χ2n) is 7.69. The van der Waals surface area contributed by atoms with Crippen LogP contribution in [0.2, 0.25) is 0 Å². The molecule has 4 nitrogen and oxygen atoms in total. The van der Waals surface area contributed by atoms with Gasteiger partial charge in [-0.3, -0.25) is 0 Å². The Morgan fingerprint density at radius 3 is 2.23 bits per heavy atom. The van der Waals surface area contributed by atoms with E-state index >= 15 is 0 Å². The average molecular weight is 418 g/mol. The van der Waals surface area contributed by atoms with Gasteiger partial charge in [0.05, 0.1) is 12.0 Å². The Morgan fingerprint density at radius 1 is 0.933 bits per heavy atom. The first-order valence-corrected chi connectivity index (χ1v) is 11.0. The molecule has 2 aromatic heterocycles. The first-order chi connectivity index (χ1) is 14.4. The van der Waals surface area contributed by atoms with Crippen molar-refractivity contribution in [2.24, 2.45) is 0 Å². The van der Waals surface area contributed by atoms with Gasteiger partial charge >= 0.3 is 0 Å². The van der Waals surface area contributed by atoms with Crippen molar-refractivity contribution in [2.75, 3.05) is 11.9 Å². The summed E-state index contributed by atoms with van der Waals surface area (Å²) in [5.74, 6) is 2.52. The van der Waals surface area contributed by atoms with Crippen LogP contribution in [0.15, 0.2) is 36.4 Å². The Bertz CT molecular complexity index is 1200. The van der Waals surface area contributed by atoms with Crippen LogP contribution in [-0.4, -0.2) is 16.6 Å². The molecule has 0 spiro atoms. The van der Waals surface area contributed by atoms with E-state index in [1.54, 1.807) is 11.3 Å². The van der Waals surface area contributed by atoms with Crippen LogP contribution in [0, 0.1) is 34.6 Å². The molecule has 0 atom stereocenters. The lowest BCUT2D eigenvalue weighted by atomic mass is 10.0. The number of benzene rings is 2. The third-order valence-corrected chi connectivity index (χ3v) is 6.21. The maximum atomic E-state index is 5.62. The number of anilines is 2. The molecular formula is C25H27N3OS. The topological polar surface area (TPSA) is 47.0 Å². The van der Waals surface area contributed by atoms with Crippen molar-refractivity contribution in [3.63, 3.8) is 0 Å². The standard InChI is InChI=1S/C25H27N3OS/c1-7-29-20-10-8-19(9-11-20)21-17(5)30-25-22(21)24(26-18(6)27-25)28-23-15(3)12-14(2)13-16(23)4/h8-13H,7H2,1-6H3,(H,26,27,28). The second-order valence-corrected chi connectivity index (χ2v) is 8.89. The smallest absolute Gasteiger partial charge is 0.143 e. The number of nitrogens with one attached hydrogen (secondary N) is 1. The van der Waals surface area contributed by atoms with E-state index < -0.39 is 0 Å². The van der Waals surface area contributed by atoms with E-state index in [2.05, 4.69) is 57.3 Å². The van der Waals surface area contributed by atoms with E-state index in [4.69, 9.17) is 14.7 Å². The van der Waals surface area contributed by atoms with Gasteiger partial charge in [0.2, 0.25) is 0 Å². The highest BCUT2D eigenvalue weighted by Gasteiger charge is 2.19. The van der Waals surface area contributed by atoms with Crippen molar-refractivity contribution < 1.29 is 4.74 Å². The Morgan fingerprint density at radius 2 is 1.60 bits per heavy atom. The van der Waals surface area contributed by atoms with Crippen LogP contribution in [-0.2, 0) is 0 Å². The Kier molecular flexibility index (Phi) is 5.48. The van der Waals surface area contributed by atoms with Gasteiger partial charge in [-0.1, -0.05) is 29.8 Å². The molecule has 0 fully saturated rings. The van der Waals surface area contributed by atoms with E-state index in [1.807, 2.05) is 26.0 Å². The predicted molar refractivity (Wildman–Crippen MR) is 127 cm³/mol. The van der Waals surface area contributed by atoms with Crippen LogP contribution in [0.1, 0.15) is 34.3 Å². The number of ether oxygens (including phenoxy) is 1. The van der Waals surface area contributed by atoms with Crippen LogP contribution < -0.4 is 10.1 Å². The first-order valence-electron chi connectivity index (χ1n) is 10.2. The zero-order chi connectivity index (χ0) is 21.4. The number of aryl methyl sites for hydroxylation is 5. The highest BCUT2D eigenvalue weighted by atomic mass is 32.1. The first kappa shape index (κ1) is 20.4. The molecule has 1 N–H and O–H groups in total. The molecule has 154 valence electrons. The van der Waals surface area contributed by atoms with Gasteiger partial charge in [-0.15, -0.1) is 11.3 Å². The summed E-state index contributed by atoms with van der Waals surface area (Å²) in [6.45, 7) is 13.2.